The smallest absolute Gasteiger partial charge is 0.329 e. The first-order chi connectivity index (χ1) is 14.0. The van der Waals surface area contributed by atoms with Crippen LogP contribution < -0.4 is 10.1 Å². The van der Waals surface area contributed by atoms with E-state index in [1.807, 2.05) is 53.4 Å². The standard InChI is InChI=1S/C22H18ClN3O3/c1-29-18-8-6-17(7-9-18)25-11-10-15(13-25)12-20-21(27)26(22(28)24-20)14-16-4-2-3-5-19(16)23/h2-13H,14H2,1H3,(H,24,28)/b20-12+. The molecule has 1 fully saturated rings. The van der Waals surface area contributed by atoms with Crippen molar-refractivity contribution in [2.75, 3.05) is 7.11 Å². The molecule has 3 aromatic rings. The van der Waals surface area contributed by atoms with Gasteiger partial charge in [0.15, 0.2) is 0 Å². The largest absolute Gasteiger partial charge is 0.497 e. The number of imide groups is 1. The van der Waals surface area contributed by atoms with Crippen molar-refractivity contribution in [2.45, 2.75) is 6.54 Å². The zero-order valence-electron chi connectivity index (χ0n) is 15.6. The molecule has 0 aliphatic carbocycles. The summed E-state index contributed by atoms with van der Waals surface area (Å²) in [5, 5.41) is 3.15. The van der Waals surface area contributed by atoms with Gasteiger partial charge in [0.1, 0.15) is 11.4 Å². The van der Waals surface area contributed by atoms with Crippen molar-refractivity contribution in [1.82, 2.24) is 14.8 Å². The fourth-order valence-electron chi connectivity index (χ4n) is 3.09. The molecule has 7 heteroatoms. The first kappa shape index (κ1) is 18.8. The highest BCUT2D eigenvalue weighted by Gasteiger charge is 2.33. The van der Waals surface area contributed by atoms with Gasteiger partial charge in [0.25, 0.3) is 5.91 Å². The quantitative estimate of drug-likeness (QED) is 0.508. The predicted octanol–water partition coefficient (Wildman–Crippen LogP) is 4.23. The zero-order chi connectivity index (χ0) is 20.4. The summed E-state index contributed by atoms with van der Waals surface area (Å²) in [5.74, 6) is 0.397. The van der Waals surface area contributed by atoms with Crippen LogP contribution in [0.4, 0.5) is 4.79 Å². The molecule has 1 saturated heterocycles. The van der Waals surface area contributed by atoms with Gasteiger partial charge in [-0.15, -0.1) is 0 Å². The van der Waals surface area contributed by atoms with Gasteiger partial charge in [-0.3, -0.25) is 9.69 Å². The van der Waals surface area contributed by atoms with Gasteiger partial charge in [-0.05, 0) is 53.6 Å². The lowest BCUT2D eigenvalue weighted by Gasteiger charge is -2.12. The van der Waals surface area contributed by atoms with Gasteiger partial charge < -0.3 is 14.6 Å². The van der Waals surface area contributed by atoms with E-state index in [0.717, 1.165) is 21.9 Å². The lowest BCUT2D eigenvalue weighted by Crippen LogP contribution is -2.30. The Hall–Kier alpha value is -3.51. The fraction of sp³-hybridized carbons (Fsp3) is 0.0909. The lowest BCUT2D eigenvalue weighted by molar-refractivity contribution is -0.123. The maximum atomic E-state index is 12.7. The van der Waals surface area contributed by atoms with Crippen LogP contribution in [0.3, 0.4) is 0 Å². The molecule has 1 N–H and O–H groups in total. The van der Waals surface area contributed by atoms with Crippen molar-refractivity contribution in [1.29, 1.82) is 0 Å². The predicted molar refractivity (Wildman–Crippen MR) is 111 cm³/mol. The second-order valence-electron chi connectivity index (χ2n) is 6.52. The minimum Gasteiger partial charge on any atom is -0.497 e. The molecule has 2 heterocycles. The molecule has 2 aromatic carbocycles. The number of rotatable bonds is 5. The van der Waals surface area contributed by atoms with Crippen molar-refractivity contribution in [3.63, 3.8) is 0 Å². The monoisotopic (exact) mass is 407 g/mol. The average Bonchev–Trinajstić information content (AvgIpc) is 3.30. The molecule has 1 aromatic heterocycles. The molecule has 29 heavy (non-hydrogen) atoms. The molecule has 0 saturated carbocycles. The third kappa shape index (κ3) is 3.88. The Morgan fingerprint density at radius 3 is 2.55 bits per heavy atom. The molecule has 0 atom stereocenters. The van der Waals surface area contributed by atoms with E-state index in [1.54, 1.807) is 31.4 Å². The van der Waals surface area contributed by atoms with Crippen LogP contribution in [-0.2, 0) is 11.3 Å². The number of halogens is 1. The Morgan fingerprint density at radius 1 is 1.07 bits per heavy atom. The number of nitrogens with zero attached hydrogens (tertiary/aromatic N) is 2. The number of hydrogen-bond acceptors (Lipinski definition) is 3. The molecule has 0 unspecified atom stereocenters. The summed E-state index contributed by atoms with van der Waals surface area (Å²) in [6.45, 7) is 0.120. The number of methoxy groups -OCH3 is 1. The number of nitrogens with one attached hydrogen (secondary N) is 1. The summed E-state index contributed by atoms with van der Waals surface area (Å²) >= 11 is 6.15. The van der Waals surface area contributed by atoms with Gasteiger partial charge in [-0.25, -0.2) is 4.79 Å². The van der Waals surface area contributed by atoms with Crippen LogP contribution in [0.1, 0.15) is 11.1 Å². The highest BCUT2D eigenvalue weighted by atomic mass is 35.5. The molecule has 1 aliphatic heterocycles. The molecule has 6 nitrogen and oxygen atoms in total. The molecule has 4 rings (SSSR count). The van der Waals surface area contributed by atoms with Crippen molar-refractivity contribution in [2.24, 2.45) is 0 Å². The maximum absolute atomic E-state index is 12.7. The van der Waals surface area contributed by atoms with Crippen LogP contribution in [0.25, 0.3) is 11.8 Å². The van der Waals surface area contributed by atoms with Gasteiger partial charge >= 0.3 is 6.03 Å². The number of carbonyl (C=O) groups is 2. The molecule has 0 spiro atoms. The molecule has 0 radical (unpaired) electrons. The van der Waals surface area contributed by atoms with Crippen molar-refractivity contribution >= 4 is 29.6 Å². The van der Waals surface area contributed by atoms with E-state index in [2.05, 4.69) is 5.32 Å². The van der Waals surface area contributed by atoms with E-state index in [4.69, 9.17) is 16.3 Å². The second kappa shape index (κ2) is 7.85. The topological polar surface area (TPSA) is 63.6 Å². The van der Waals surface area contributed by atoms with Crippen LogP contribution in [0.2, 0.25) is 5.02 Å². The summed E-state index contributed by atoms with van der Waals surface area (Å²) in [5.41, 5.74) is 2.70. The maximum Gasteiger partial charge on any atom is 0.329 e. The minimum atomic E-state index is -0.462. The third-order valence-electron chi connectivity index (χ3n) is 4.65. The van der Waals surface area contributed by atoms with Crippen LogP contribution in [0.5, 0.6) is 5.75 Å². The van der Waals surface area contributed by atoms with E-state index < -0.39 is 6.03 Å². The molecule has 146 valence electrons. The molecular weight excluding hydrogens is 390 g/mol. The zero-order valence-corrected chi connectivity index (χ0v) is 16.4. The molecule has 1 aliphatic rings. The van der Waals surface area contributed by atoms with Gasteiger partial charge in [0.05, 0.1) is 13.7 Å². The Balaban J connectivity index is 1.53. The first-order valence-corrected chi connectivity index (χ1v) is 9.33. The number of urea groups is 1. The Kier molecular flexibility index (Phi) is 5.10. The van der Waals surface area contributed by atoms with Gasteiger partial charge in [0.2, 0.25) is 0 Å². The van der Waals surface area contributed by atoms with Crippen LogP contribution >= 0.6 is 11.6 Å². The van der Waals surface area contributed by atoms with Crippen LogP contribution in [-0.4, -0.2) is 28.5 Å². The summed E-state index contributed by atoms with van der Waals surface area (Å²) in [6.07, 6.45) is 5.43. The van der Waals surface area contributed by atoms with E-state index in [1.165, 1.54) is 0 Å². The van der Waals surface area contributed by atoms with Crippen LogP contribution in [0.15, 0.2) is 72.7 Å². The Bertz CT molecular complexity index is 1100. The lowest BCUT2D eigenvalue weighted by atomic mass is 10.2. The van der Waals surface area contributed by atoms with Crippen molar-refractivity contribution in [3.8, 4) is 11.4 Å². The number of carbonyl (C=O) groups excluding carboxylic acids is 2. The van der Waals surface area contributed by atoms with Crippen LogP contribution in [0, 0.1) is 0 Å². The van der Waals surface area contributed by atoms with E-state index in [9.17, 15) is 9.59 Å². The van der Waals surface area contributed by atoms with Gasteiger partial charge in [-0.1, -0.05) is 29.8 Å². The molecule has 0 bridgehead atoms. The first-order valence-electron chi connectivity index (χ1n) is 8.95. The summed E-state index contributed by atoms with van der Waals surface area (Å²) in [6, 6.07) is 16.2. The number of ether oxygens (including phenoxy) is 1. The normalized spacial score (nSPS) is 15.1. The SMILES string of the molecule is COc1ccc(-n2ccc(/C=C3/NC(=O)N(Cc4ccccc4Cl)C3=O)c2)cc1. The van der Waals surface area contributed by atoms with Gasteiger partial charge in [-0.2, -0.15) is 0 Å². The number of benzene rings is 2. The van der Waals surface area contributed by atoms with Gasteiger partial charge in [0, 0.05) is 23.1 Å². The molecule has 3 amide bonds. The highest BCUT2D eigenvalue weighted by Crippen LogP contribution is 2.22. The highest BCUT2D eigenvalue weighted by molar-refractivity contribution is 6.31. The number of aromatic nitrogens is 1. The second-order valence-corrected chi connectivity index (χ2v) is 6.93. The van der Waals surface area contributed by atoms with Crippen molar-refractivity contribution < 1.29 is 14.3 Å². The van der Waals surface area contributed by atoms with E-state index in [-0.39, 0.29) is 18.1 Å². The van der Waals surface area contributed by atoms with Crippen molar-refractivity contribution in [3.05, 3.63) is 88.8 Å². The van der Waals surface area contributed by atoms with E-state index in [0.29, 0.717) is 10.6 Å². The summed E-state index contributed by atoms with van der Waals surface area (Å²) in [7, 11) is 1.62. The third-order valence-corrected chi connectivity index (χ3v) is 5.01. The number of hydrogen-bond donors (Lipinski definition) is 1. The Labute approximate surface area is 173 Å². The molecular formula is C22H18ClN3O3. The summed E-state index contributed by atoms with van der Waals surface area (Å²) in [4.78, 5) is 26.1. The Morgan fingerprint density at radius 2 is 1.83 bits per heavy atom. The summed E-state index contributed by atoms with van der Waals surface area (Å²) < 4.78 is 7.10. The fourth-order valence-corrected chi connectivity index (χ4v) is 3.29. The average molecular weight is 408 g/mol. The minimum absolute atomic E-state index is 0.120. The number of amides is 3. The van der Waals surface area contributed by atoms with E-state index >= 15 is 0 Å².